The molecule has 3 rings (SSSR count). The van der Waals surface area contributed by atoms with Gasteiger partial charge in [0.1, 0.15) is 0 Å². The molecule has 0 nitrogen and oxygen atoms in total. The van der Waals surface area contributed by atoms with Crippen molar-refractivity contribution in [2.75, 3.05) is 0 Å². The summed E-state index contributed by atoms with van der Waals surface area (Å²) < 4.78 is 0. The molecule has 0 spiro atoms. The van der Waals surface area contributed by atoms with Crippen LogP contribution in [0.5, 0.6) is 0 Å². The first-order valence-corrected chi connectivity index (χ1v) is 11.6. The van der Waals surface area contributed by atoms with E-state index in [0.717, 1.165) is 17.8 Å². The van der Waals surface area contributed by atoms with Gasteiger partial charge in [-0.05, 0) is 86.0 Å². The molecule has 2 aliphatic rings. The normalized spacial score (nSPS) is 25.4. The van der Waals surface area contributed by atoms with E-state index in [2.05, 4.69) is 56.0 Å². The lowest BCUT2D eigenvalue weighted by Crippen LogP contribution is -2.13. The van der Waals surface area contributed by atoms with Crippen LogP contribution in [-0.2, 0) is 0 Å². The molecule has 1 aromatic rings. The van der Waals surface area contributed by atoms with Crippen molar-refractivity contribution in [3.05, 3.63) is 47.0 Å². The van der Waals surface area contributed by atoms with Gasteiger partial charge in [-0.2, -0.15) is 0 Å². The molecule has 2 aliphatic carbocycles. The highest BCUT2D eigenvalue weighted by Crippen LogP contribution is 2.37. The quantitative estimate of drug-likeness (QED) is 0.449. The molecule has 1 saturated carbocycles. The number of benzene rings is 1. The fourth-order valence-electron chi connectivity index (χ4n) is 4.94. The first-order valence-electron chi connectivity index (χ1n) is 11.6. The van der Waals surface area contributed by atoms with Crippen molar-refractivity contribution < 1.29 is 0 Å². The Morgan fingerprint density at radius 3 is 2.22 bits per heavy atom. The highest BCUT2D eigenvalue weighted by molar-refractivity contribution is 5.42. The number of hydrogen-bond donors (Lipinski definition) is 0. The van der Waals surface area contributed by atoms with Gasteiger partial charge in [-0.25, -0.2) is 0 Å². The van der Waals surface area contributed by atoms with Crippen LogP contribution in [0, 0.1) is 23.7 Å². The van der Waals surface area contributed by atoms with E-state index in [1.165, 1.54) is 93.7 Å². The average molecular weight is 363 g/mol. The zero-order valence-corrected chi connectivity index (χ0v) is 17.6. The maximum Gasteiger partial charge on any atom is 0.0249 e. The Labute approximate surface area is 167 Å². The van der Waals surface area contributed by atoms with Crippen molar-refractivity contribution in [1.29, 1.82) is 0 Å². The third kappa shape index (κ3) is 6.27. The molecular formula is C27H38. The number of hydrogen-bond acceptors (Lipinski definition) is 0. The van der Waals surface area contributed by atoms with Crippen LogP contribution < -0.4 is 0 Å². The van der Waals surface area contributed by atoms with Gasteiger partial charge in [-0.15, -0.1) is 0 Å². The fraction of sp³-hybridized carbons (Fsp3) is 0.630. The molecule has 1 unspecified atom stereocenters. The van der Waals surface area contributed by atoms with E-state index in [4.69, 9.17) is 0 Å². The average Bonchev–Trinajstić information content (AvgIpc) is 2.73. The first kappa shape index (κ1) is 20.3. The van der Waals surface area contributed by atoms with E-state index in [1.807, 2.05) is 0 Å². The zero-order valence-electron chi connectivity index (χ0n) is 17.6. The monoisotopic (exact) mass is 362 g/mol. The summed E-state index contributed by atoms with van der Waals surface area (Å²) in [6.45, 7) is 4.61. The zero-order chi connectivity index (χ0) is 18.9. The standard InChI is InChI=1S/C27H38/c1-3-5-7-23-8-10-24(11-9-23)12-13-25-16-20-27(21-17-25)26-18-14-22(6-4-2)15-19-26/h10,16-17,20-23,26H,3-9,11,14-15,18-19H2,1-2H3. The van der Waals surface area contributed by atoms with Crippen LogP contribution >= 0.6 is 0 Å². The second kappa shape index (κ2) is 10.8. The van der Waals surface area contributed by atoms with Crippen LogP contribution in [0.3, 0.4) is 0 Å². The minimum absolute atomic E-state index is 0.779. The Morgan fingerprint density at radius 2 is 1.59 bits per heavy atom. The molecular weight excluding hydrogens is 324 g/mol. The van der Waals surface area contributed by atoms with Crippen LogP contribution in [-0.4, -0.2) is 0 Å². The predicted molar refractivity (Wildman–Crippen MR) is 118 cm³/mol. The van der Waals surface area contributed by atoms with Crippen molar-refractivity contribution in [2.45, 2.75) is 96.8 Å². The second-order valence-electron chi connectivity index (χ2n) is 8.89. The topological polar surface area (TPSA) is 0 Å². The van der Waals surface area contributed by atoms with Crippen LogP contribution in [0.25, 0.3) is 0 Å². The van der Waals surface area contributed by atoms with Gasteiger partial charge >= 0.3 is 0 Å². The molecule has 0 heteroatoms. The lowest BCUT2D eigenvalue weighted by molar-refractivity contribution is 0.308. The van der Waals surface area contributed by atoms with E-state index >= 15 is 0 Å². The smallest absolute Gasteiger partial charge is 0.0249 e. The largest absolute Gasteiger partial charge is 0.0726 e. The molecule has 0 bridgehead atoms. The Balaban J connectivity index is 1.50. The van der Waals surface area contributed by atoms with E-state index in [0.29, 0.717) is 0 Å². The Kier molecular flexibility index (Phi) is 8.07. The van der Waals surface area contributed by atoms with E-state index < -0.39 is 0 Å². The number of allylic oxidation sites excluding steroid dienone is 2. The third-order valence-electron chi connectivity index (χ3n) is 6.78. The van der Waals surface area contributed by atoms with Gasteiger partial charge in [-0.3, -0.25) is 0 Å². The van der Waals surface area contributed by atoms with Crippen LogP contribution in [0.4, 0.5) is 0 Å². The van der Waals surface area contributed by atoms with Crippen molar-refractivity contribution in [2.24, 2.45) is 11.8 Å². The summed E-state index contributed by atoms with van der Waals surface area (Å²) in [5.74, 6) is 9.52. The van der Waals surface area contributed by atoms with Crippen molar-refractivity contribution in [3.63, 3.8) is 0 Å². The lowest BCUT2D eigenvalue weighted by atomic mass is 9.77. The Morgan fingerprint density at radius 1 is 0.815 bits per heavy atom. The highest BCUT2D eigenvalue weighted by Gasteiger charge is 2.21. The highest BCUT2D eigenvalue weighted by atomic mass is 14.3. The minimum Gasteiger partial charge on any atom is -0.0726 e. The van der Waals surface area contributed by atoms with Gasteiger partial charge in [-0.1, -0.05) is 76.0 Å². The van der Waals surface area contributed by atoms with Gasteiger partial charge in [0.15, 0.2) is 0 Å². The molecule has 0 N–H and O–H groups in total. The summed E-state index contributed by atoms with van der Waals surface area (Å²) in [4.78, 5) is 0. The summed E-state index contributed by atoms with van der Waals surface area (Å²) in [5.41, 5.74) is 4.07. The molecule has 0 aromatic heterocycles. The molecule has 1 atom stereocenters. The molecule has 1 aromatic carbocycles. The number of unbranched alkanes of at least 4 members (excludes halogenated alkanes) is 1. The fourth-order valence-corrected chi connectivity index (χ4v) is 4.94. The van der Waals surface area contributed by atoms with E-state index in [1.54, 1.807) is 0 Å². The van der Waals surface area contributed by atoms with Crippen LogP contribution in [0.1, 0.15) is 108 Å². The first-order chi connectivity index (χ1) is 13.3. The molecule has 0 radical (unpaired) electrons. The summed E-state index contributed by atoms with van der Waals surface area (Å²) in [5, 5.41) is 0. The minimum atomic E-state index is 0.779. The van der Waals surface area contributed by atoms with Crippen molar-refractivity contribution in [1.82, 2.24) is 0 Å². The predicted octanol–water partition coefficient (Wildman–Crippen LogP) is 8.03. The molecule has 0 heterocycles. The summed E-state index contributed by atoms with van der Waals surface area (Å²) in [7, 11) is 0. The third-order valence-corrected chi connectivity index (χ3v) is 6.78. The molecule has 27 heavy (non-hydrogen) atoms. The van der Waals surface area contributed by atoms with Gasteiger partial charge in [0.2, 0.25) is 0 Å². The van der Waals surface area contributed by atoms with Gasteiger partial charge < -0.3 is 0 Å². The molecule has 146 valence electrons. The van der Waals surface area contributed by atoms with Crippen molar-refractivity contribution >= 4 is 0 Å². The molecule has 0 amide bonds. The van der Waals surface area contributed by atoms with Crippen LogP contribution in [0.2, 0.25) is 0 Å². The summed E-state index contributed by atoms with van der Waals surface area (Å²) in [6, 6.07) is 9.16. The van der Waals surface area contributed by atoms with Gasteiger partial charge in [0, 0.05) is 5.56 Å². The second-order valence-corrected chi connectivity index (χ2v) is 8.89. The molecule has 0 aliphatic heterocycles. The Bertz CT molecular complexity index is 644. The SMILES string of the molecule is CCCCC1CC=C(C#Cc2ccc(C3CCC(CCC)CC3)cc2)CC1. The molecule has 0 saturated heterocycles. The van der Waals surface area contributed by atoms with Crippen molar-refractivity contribution in [3.8, 4) is 11.8 Å². The van der Waals surface area contributed by atoms with Gasteiger partial charge in [0.25, 0.3) is 0 Å². The summed E-state index contributed by atoms with van der Waals surface area (Å²) in [6.07, 6.45) is 18.6. The maximum atomic E-state index is 3.44. The van der Waals surface area contributed by atoms with E-state index in [9.17, 15) is 0 Å². The number of rotatable bonds is 6. The summed E-state index contributed by atoms with van der Waals surface area (Å²) >= 11 is 0. The van der Waals surface area contributed by atoms with Crippen LogP contribution in [0.15, 0.2) is 35.9 Å². The van der Waals surface area contributed by atoms with Gasteiger partial charge in [0.05, 0.1) is 0 Å². The lowest BCUT2D eigenvalue weighted by Gasteiger charge is -2.28. The molecule has 1 fully saturated rings. The Hall–Kier alpha value is -1.48. The maximum absolute atomic E-state index is 3.44. The van der Waals surface area contributed by atoms with E-state index in [-0.39, 0.29) is 0 Å².